The normalized spacial score (nSPS) is 21.3. The van der Waals surface area contributed by atoms with Crippen LogP contribution in [0.3, 0.4) is 0 Å². The zero-order chi connectivity index (χ0) is 16.6. The van der Waals surface area contributed by atoms with Crippen LogP contribution in [-0.2, 0) is 9.47 Å². The molecule has 1 unspecified atom stereocenters. The standard InChI is InChI=1S/C16H25N5O2S/c24-16(19-13-21-5-9-23-10-6-21)14(15-11-17-1-2-18-15)12-20-3-7-22-8-4-20/h1-2,11,14H,3-10,12-13H2,(H,19,24). The van der Waals surface area contributed by atoms with E-state index >= 15 is 0 Å². The monoisotopic (exact) mass is 351 g/mol. The summed E-state index contributed by atoms with van der Waals surface area (Å²) in [5, 5.41) is 3.42. The van der Waals surface area contributed by atoms with Gasteiger partial charge < -0.3 is 14.8 Å². The van der Waals surface area contributed by atoms with Gasteiger partial charge in [0.15, 0.2) is 0 Å². The minimum atomic E-state index is 0.0489. The third kappa shape index (κ3) is 5.15. The fraction of sp³-hybridized carbons (Fsp3) is 0.688. The summed E-state index contributed by atoms with van der Waals surface area (Å²) in [6.07, 6.45) is 5.24. The van der Waals surface area contributed by atoms with Crippen LogP contribution >= 0.6 is 12.2 Å². The molecule has 0 bridgehead atoms. The molecule has 0 saturated carbocycles. The summed E-state index contributed by atoms with van der Waals surface area (Å²) in [6.45, 7) is 8.47. The van der Waals surface area contributed by atoms with Crippen LogP contribution < -0.4 is 5.32 Å². The Morgan fingerprint density at radius 1 is 1.08 bits per heavy atom. The lowest BCUT2D eigenvalue weighted by molar-refractivity contribution is 0.0352. The number of ether oxygens (including phenoxy) is 2. The average molecular weight is 351 g/mol. The van der Waals surface area contributed by atoms with Crippen molar-refractivity contribution >= 4 is 17.2 Å². The van der Waals surface area contributed by atoms with Gasteiger partial charge in [-0.1, -0.05) is 12.2 Å². The Balaban J connectivity index is 1.60. The van der Waals surface area contributed by atoms with Crippen molar-refractivity contribution in [3.63, 3.8) is 0 Å². The fourth-order valence-electron chi connectivity index (χ4n) is 2.92. The topological polar surface area (TPSA) is 62.8 Å². The van der Waals surface area contributed by atoms with Gasteiger partial charge in [-0.3, -0.25) is 19.8 Å². The number of morpholine rings is 2. The van der Waals surface area contributed by atoms with Crippen LogP contribution in [0.4, 0.5) is 0 Å². The summed E-state index contributed by atoms with van der Waals surface area (Å²) in [4.78, 5) is 14.2. The van der Waals surface area contributed by atoms with Gasteiger partial charge in [0.2, 0.25) is 0 Å². The first kappa shape index (κ1) is 17.6. The van der Waals surface area contributed by atoms with Crippen molar-refractivity contribution in [3.8, 4) is 0 Å². The van der Waals surface area contributed by atoms with Crippen molar-refractivity contribution in [2.24, 2.45) is 0 Å². The van der Waals surface area contributed by atoms with E-state index in [1.165, 1.54) is 0 Å². The molecule has 8 heteroatoms. The molecule has 3 rings (SSSR count). The number of nitrogens with zero attached hydrogens (tertiary/aromatic N) is 4. The quantitative estimate of drug-likeness (QED) is 0.724. The van der Waals surface area contributed by atoms with E-state index in [9.17, 15) is 0 Å². The molecule has 2 saturated heterocycles. The highest BCUT2D eigenvalue weighted by Gasteiger charge is 2.24. The van der Waals surface area contributed by atoms with Gasteiger partial charge >= 0.3 is 0 Å². The van der Waals surface area contributed by atoms with Gasteiger partial charge in [-0.2, -0.15) is 0 Å². The summed E-state index contributed by atoms with van der Waals surface area (Å²) >= 11 is 5.70. The van der Waals surface area contributed by atoms with E-state index in [1.54, 1.807) is 12.4 Å². The minimum Gasteiger partial charge on any atom is -0.379 e. The molecule has 7 nitrogen and oxygen atoms in total. The summed E-state index contributed by atoms with van der Waals surface area (Å²) in [5.74, 6) is 0.0489. The predicted molar refractivity (Wildman–Crippen MR) is 95.0 cm³/mol. The van der Waals surface area contributed by atoms with Gasteiger partial charge in [0.1, 0.15) is 0 Å². The third-order valence-electron chi connectivity index (χ3n) is 4.38. The Labute approximate surface area is 148 Å². The van der Waals surface area contributed by atoms with Crippen LogP contribution in [0.5, 0.6) is 0 Å². The van der Waals surface area contributed by atoms with Crippen molar-refractivity contribution in [1.82, 2.24) is 25.1 Å². The number of rotatable bonds is 6. The lowest BCUT2D eigenvalue weighted by atomic mass is 10.0. The van der Waals surface area contributed by atoms with Gasteiger partial charge in [0.25, 0.3) is 0 Å². The largest absolute Gasteiger partial charge is 0.379 e. The Hall–Kier alpha value is -1.19. The molecular weight excluding hydrogens is 326 g/mol. The van der Waals surface area contributed by atoms with E-state index < -0.39 is 0 Å². The first-order valence-corrected chi connectivity index (χ1v) is 8.87. The van der Waals surface area contributed by atoms with Crippen LogP contribution in [0.2, 0.25) is 0 Å². The maximum Gasteiger partial charge on any atom is 0.0868 e. The van der Waals surface area contributed by atoms with Crippen LogP contribution in [0.25, 0.3) is 0 Å². The van der Waals surface area contributed by atoms with Crippen molar-refractivity contribution in [3.05, 3.63) is 24.3 Å². The van der Waals surface area contributed by atoms with E-state index in [0.29, 0.717) is 0 Å². The lowest BCUT2D eigenvalue weighted by Crippen LogP contribution is -2.46. The number of nitrogens with one attached hydrogen (secondary N) is 1. The number of hydrogen-bond acceptors (Lipinski definition) is 7. The average Bonchev–Trinajstić information content (AvgIpc) is 2.66. The Morgan fingerprint density at radius 3 is 2.38 bits per heavy atom. The Bertz CT molecular complexity index is 506. The van der Waals surface area contributed by atoms with Gasteiger partial charge in [-0.15, -0.1) is 0 Å². The van der Waals surface area contributed by atoms with Gasteiger partial charge in [0, 0.05) is 51.3 Å². The molecule has 0 spiro atoms. The summed E-state index contributed by atoms with van der Waals surface area (Å²) < 4.78 is 10.8. The summed E-state index contributed by atoms with van der Waals surface area (Å²) in [7, 11) is 0. The maximum atomic E-state index is 5.70. The molecule has 0 amide bonds. The van der Waals surface area contributed by atoms with E-state index in [4.69, 9.17) is 21.7 Å². The number of hydrogen-bond donors (Lipinski definition) is 1. The van der Waals surface area contributed by atoms with E-state index in [1.807, 2.05) is 6.20 Å². The molecule has 1 N–H and O–H groups in total. The van der Waals surface area contributed by atoms with Crippen molar-refractivity contribution in [1.29, 1.82) is 0 Å². The molecule has 0 aromatic carbocycles. The highest BCUT2D eigenvalue weighted by molar-refractivity contribution is 7.80. The third-order valence-corrected chi connectivity index (χ3v) is 4.81. The molecule has 0 aliphatic carbocycles. The molecule has 3 heterocycles. The molecule has 0 radical (unpaired) electrons. The Morgan fingerprint density at radius 2 is 1.75 bits per heavy atom. The molecule has 1 aromatic rings. The summed E-state index contributed by atoms with van der Waals surface area (Å²) in [5.41, 5.74) is 0.920. The summed E-state index contributed by atoms with van der Waals surface area (Å²) in [6, 6.07) is 0. The molecule has 2 fully saturated rings. The second-order valence-electron chi connectivity index (χ2n) is 6.03. The first-order valence-electron chi connectivity index (χ1n) is 8.47. The minimum absolute atomic E-state index is 0.0489. The predicted octanol–water partition coefficient (Wildman–Crippen LogP) is 0.0991. The highest BCUT2D eigenvalue weighted by Crippen LogP contribution is 2.16. The molecule has 24 heavy (non-hydrogen) atoms. The van der Waals surface area contributed by atoms with Crippen LogP contribution in [-0.4, -0.2) is 90.6 Å². The zero-order valence-corrected chi connectivity index (χ0v) is 14.7. The first-order chi connectivity index (χ1) is 11.8. The Kier molecular flexibility index (Phi) is 6.86. The molecule has 2 aliphatic rings. The fourth-order valence-corrected chi connectivity index (χ4v) is 3.18. The highest BCUT2D eigenvalue weighted by atomic mass is 32.1. The lowest BCUT2D eigenvalue weighted by Gasteiger charge is -2.32. The van der Waals surface area contributed by atoms with Gasteiger partial charge in [-0.05, 0) is 0 Å². The van der Waals surface area contributed by atoms with Crippen LogP contribution in [0, 0.1) is 0 Å². The van der Waals surface area contributed by atoms with Crippen LogP contribution in [0.15, 0.2) is 18.6 Å². The maximum absolute atomic E-state index is 5.70. The molecule has 1 atom stereocenters. The molecule has 1 aromatic heterocycles. The zero-order valence-electron chi connectivity index (χ0n) is 13.9. The van der Waals surface area contributed by atoms with Crippen molar-refractivity contribution in [2.75, 3.05) is 65.8 Å². The van der Waals surface area contributed by atoms with Crippen molar-refractivity contribution in [2.45, 2.75) is 5.92 Å². The number of thiocarbonyl (C=S) groups is 1. The molecule has 132 valence electrons. The van der Waals surface area contributed by atoms with Gasteiger partial charge in [-0.25, -0.2) is 0 Å². The molecular formula is C16H25N5O2S. The molecule has 2 aliphatic heterocycles. The van der Waals surface area contributed by atoms with Crippen LogP contribution in [0.1, 0.15) is 11.6 Å². The second-order valence-corrected chi connectivity index (χ2v) is 6.47. The van der Waals surface area contributed by atoms with Crippen molar-refractivity contribution < 1.29 is 9.47 Å². The number of aromatic nitrogens is 2. The SMILES string of the molecule is S=C(NCN1CCOCC1)C(CN1CCOCC1)c1cnccn1. The van der Waals surface area contributed by atoms with E-state index in [2.05, 4.69) is 25.1 Å². The van der Waals surface area contributed by atoms with E-state index in [-0.39, 0.29) is 5.92 Å². The second kappa shape index (κ2) is 9.33. The smallest absolute Gasteiger partial charge is 0.0868 e. The van der Waals surface area contributed by atoms with Gasteiger partial charge in [0.05, 0.1) is 49.7 Å². The van der Waals surface area contributed by atoms with E-state index in [0.717, 1.165) is 76.5 Å².